The van der Waals surface area contributed by atoms with Gasteiger partial charge in [0, 0.05) is 11.1 Å². The average Bonchev–Trinajstić information content (AvgIpc) is 2.16. The first-order chi connectivity index (χ1) is 7.04. The van der Waals surface area contributed by atoms with E-state index in [1.807, 2.05) is 13.1 Å². The smallest absolute Gasteiger partial charge is 0.0441 e. The van der Waals surface area contributed by atoms with Crippen LogP contribution in [-0.2, 0) is 6.42 Å². The summed E-state index contributed by atoms with van der Waals surface area (Å²) in [5.41, 5.74) is 2.45. The highest BCUT2D eigenvalue weighted by Crippen LogP contribution is 2.20. The molecular weight excluding hydrogens is 206 g/mol. The Balaban J connectivity index is 2.79. The van der Waals surface area contributed by atoms with Crippen molar-refractivity contribution in [1.29, 1.82) is 0 Å². The van der Waals surface area contributed by atoms with Crippen molar-refractivity contribution in [3.05, 3.63) is 34.3 Å². The Bertz CT molecular complexity index is 320. The third kappa shape index (κ3) is 3.51. The van der Waals surface area contributed by atoms with Gasteiger partial charge in [0.25, 0.3) is 0 Å². The fourth-order valence-electron chi connectivity index (χ4n) is 1.73. The van der Waals surface area contributed by atoms with Gasteiger partial charge in [0.15, 0.2) is 0 Å². The first-order valence-electron chi connectivity index (χ1n) is 5.47. The van der Waals surface area contributed by atoms with Crippen molar-refractivity contribution in [3.8, 4) is 0 Å². The van der Waals surface area contributed by atoms with Gasteiger partial charge in [-0.05, 0) is 43.5 Å². The lowest BCUT2D eigenvalue weighted by atomic mass is 9.96. The van der Waals surface area contributed by atoms with E-state index >= 15 is 0 Å². The molecule has 1 nitrogen and oxygen atoms in total. The molecule has 0 radical (unpaired) electrons. The molecule has 1 aromatic rings. The maximum absolute atomic E-state index is 6.21. The quantitative estimate of drug-likeness (QED) is 0.828. The normalized spacial score (nSPS) is 13.2. The summed E-state index contributed by atoms with van der Waals surface area (Å²) in [6.07, 6.45) is 0.993. The van der Waals surface area contributed by atoms with Crippen molar-refractivity contribution in [1.82, 2.24) is 5.32 Å². The lowest BCUT2D eigenvalue weighted by molar-refractivity contribution is 0.424. The molecule has 0 aliphatic carbocycles. The molecule has 0 aromatic heterocycles. The summed E-state index contributed by atoms with van der Waals surface area (Å²) in [4.78, 5) is 0. The number of hydrogen-bond acceptors (Lipinski definition) is 1. The minimum Gasteiger partial charge on any atom is -0.316 e. The van der Waals surface area contributed by atoms with Crippen LogP contribution in [0.2, 0.25) is 5.02 Å². The molecule has 0 bridgehead atoms. The summed E-state index contributed by atoms with van der Waals surface area (Å²) in [7, 11) is 2.01. The summed E-state index contributed by atoms with van der Waals surface area (Å²) < 4.78 is 0. The average molecular weight is 226 g/mol. The molecule has 0 fully saturated rings. The highest BCUT2D eigenvalue weighted by Gasteiger charge is 2.13. The number of halogens is 1. The van der Waals surface area contributed by atoms with Crippen LogP contribution in [0.1, 0.15) is 25.0 Å². The molecule has 1 N–H and O–H groups in total. The van der Waals surface area contributed by atoms with E-state index in [0.29, 0.717) is 12.0 Å². The fraction of sp³-hybridized carbons (Fsp3) is 0.538. The third-order valence-corrected chi connectivity index (χ3v) is 3.18. The van der Waals surface area contributed by atoms with Gasteiger partial charge >= 0.3 is 0 Å². The minimum absolute atomic E-state index is 0.491. The molecule has 1 atom stereocenters. The zero-order valence-electron chi connectivity index (χ0n) is 9.97. The van der Waals surface area contributed by atoms with Crippen LogP contribution >= 0.6 is 11.6 Å². The first kappa shape index (κ1) is 12.5. The van der Waals surface area contributed by atoms with E-state index in [1.54, 1.807) is 0 Å². The van der Waals surface area contributed by atoms with Gasteiger partial charge in [-0.1, -0.05) is 37.6 Å². The lowest BCUT2D eigenvalue weighted by Crippen LogP contribution is -2.32. The highest BCUT2D eigenvalue weighted by atomic mass is 35.5. The Labute approximate surface area is 97.8 Å². The van der Waals surface area contributed by atoms with E-state index in [1.165, 1.54) is 11.1 Å². The van der Waals surface area contributed by atoms with Gasteiger partial charge in [0.05, 0.1) is 0 Å². The standard InChI is InChI=1S/C13H20ClN/c1-9(2)13(15-4)8-11-6-5-10(3)7-12(11)14/h5-7,9,13,15H,8H2,1-4H3. The van der Waals surface area contributed by atoms with E-state index in [9.17, 15) is 0 Å². The molecule has 15 heavy (non-hydrogen) atoms. The molecule has 0 saturated carbocycles. The van der Waals surface area contributed by atoms with Crippen LogP contribution < -0.4 is 5.32 Å². The van der Waals surface area contributed by atoms with Gasteiger partial charge in [-0.3, -0.25) is 0 Å². The molecule has 0 saturated heterocycles. The summed E-state index contributed by atoms with van der Waals surface area (Å²) in [6.45, 7) is 6.51. The maximum atomic E-state index is 6.21. The van der Waals surface area contributed by atoms with Gasteiger partial charge in [0.1, 0.15) is 0 Å². The molecule has 0 aliphatic rings. The van der Waals surface area contributed by atoms with Crippen LogP contribution in [0.3, 0.4) is 0 Å². The molecule has 1 unspecified atom stereocenters. The maximum Gasteiger partial charge on any atom is 0.0441 e. The van der Waals surface area contributed by atoms with Crippen LogP contribution in [0.25, 0.3) is 0 Å². The van der Waals surface area contributed by atoms with Gasteiger partial charge in [-0.25, -0.2) is 0 Å². The Hall–Kier alpha value is -0.530. The highest BCUT2D eigenvalue weighted by molar-refractivity contribution is 6.31. The Morgan fingerprint density at radius 1 is 1.33 bits per heavy atom. The minimum atomic E-state index is 0.491. The molecule has 0 aliphatic heterocycles. The number of nitrogens with one attached hydrogen (secondary N) is 1. The zero-order chi connectivity index (χ0) is 11.4. The molecule has 84 valence electrons. The zero-order valence-corrected chi connectivity index (χ0v) is 10.7. The number of hydrogen-bond donors (Lipinski definition) is 1. The Morgan fingerprint density at radius 3 is 2.47 bits per heavy atom. The van der Waals surface area contributed by atoms with Gasteiger partial charge in [-0.15, -0.1) is 0 Å². The van der Waals surface area contributed by atoms with E-state index < -0.39 is 0 Å². The van der Waals surface area contributed by atoms with Gasteiger partial charge < -0.3 is 5.32 Å². The molecular formula is C13H20ClN. The first-order valence-corrected chi connectivity index (χ1v) is 5.84. The number of aryl methyl sites for hydroxylation is 1. The Morgan fingerprint density at radius 2 is 2.00 bits per heavy atom. The molecule has 1 rings (SSSR count). The topological polar surface area (TPSA) is 12.0 Å². The second kappa shape index (κ2) is 5.53. The van der Waals surface area contributed by atoms with E-state index in [-0.39, 0.29) is 0 Å². The van der Waals surface area contributed by atoms with Crippen LogP contribution in [0.15, 0.2) is 18.2 Å². The largest absolute Gasteiger partial charge is 0.316 e. The summed E-state index contributed by atoms with van der Waals surface area (Å²) in [6, 6.07) is 6.77. The van der Waals surface area contributed by atoms with E-state index in [2.05, 4.69) is 38.2 Å². The molecule has 0 spiro atoms. The molecule has 1 aromatic carbocycles. The predicted molar refractivity (Wildman–Crippen MR) is 67.6 cm³/mol. The Kier molecular flexibility index (Phi) is 4.62. The number of benzene rings is 1. The second-order valence-corrected chi connectivity index (χ2v) is 4.85. The van der Waals surface area contributed by atoms with Crippen LogP contribution in [-0.4, -0.2) is 13.1 Å². The van der Waals surface area contributed by atoms with Crippen LogP contribution in [0.4, 0.5) is 0 Å². The summed E-state index contributed by atoms with van der Waals surface area (Å²) in [5, 5.41) is 4.22. The molecule has 0 amide bonds. The van der Waals surface area contributed by atoms with Crippen molar-refractivity contribution in [2.75, 3.05) is 7.05 Å². The van der Waals surface area contributed by atoms with E-state index in [4.69, 9.17) is 11.6 Å². The monoisotopic (exact) mass is 225 g/mol. The van der Waals surface area contributed by atoms with Crippen LogP contribution in [0, 0.1) is 12.8 Å². The summed E-state index contributed by atoms with van der Waals surface area (Å²) in [5.74, 6) is 0.618. The predicted octanol–water partition coefficient (Wildman–Crippen LogP) is 3.43. The van der Waals surface area contributed by atoms with Crippen molar-refractivity contribution >= 4 is 11.6 Å². The number of rotatable bonds is 4. The van der Waals surface area contributed by atoms with Crippen molar-refractivity contribution in [2.45, 2.75) is 33.2 Å². The van der Waals surface area contributed by atoms with Crippen LogP contribution in [0.5, 0.6) is 0 Å². The third-order valence-electron chi connectivity index (χ3n) is 2.82. The van der Waals surface area contributed by atoms with Crippen molar-refractivity contribution in [3.63, 3.8) is 0 Å². The summed E-state index contributed by atoms with van der Waals surface area (Å²) >= 11 is 6.21. The van der Waals surface area contributed by atoms with Crippen molar-refractivity contribution < 1.29 is 0 Å². The van der Waals surface area contributed by atoms with Gasteiger partial charge in [0.2, 0.25) is 0 Å². The van der Waals surface area contributed by atoms with Gasteiger partial charge in [-0.2, -0.15) is 0 Å². The number of likely N-dealkylation sites (N-methyl/N-ethyl adjacent to an activating group) is 1. The fourth-order valence-corrected chi connectivity index (χ4v) is 2.04. The lowest BCUT2D eigenvalue weighted by Gasteiger charge is -2.20. The molecule has 0 heterocycles. The molecule has 2 heteroatoms. The van der Waals surface area contributed by atoms with E-state index in [0.717, 1.165) is 11.4 Å². The van der Waals surface area contributed by atoms with Crippen molar-refractivity contribution in [2.24, 2.45) is 5.92 Å². The second-order valence-electron chi connectivity index (χ2n) is 4.44. The SMILES string of the molecule is CNC(Cc1ccc(C)cc1Cl)C(C)C.